The van der Waals surface area contributed by atoms with Crippen LogP contribution in [0.15, 0.2) is 0 Å². The molecule has 1 heterocycles. The number of amides is 1. The maximum atomic E-state index is 11.4. The Morgan fingerprint density at radius 3 is 2.73 bits per heavy atom. The third kappa shape index (κ3) is 3.80. The van der Waals surface area contributed by atoms with Gasteiger partial charge in [-0.2, -0.15) is 0 Å². The quantitative estimate of drug-likeness (QED) is 0.693. The first-order valence-electron chi connectivity index (χ1n) is 5.59. The Balaban J connectivity index is 2.23. The van der Waals surface area contributed by atoms with Crippen LogP contribution < -0.4 is 5.73 Å². The van der Waals surface area contributed by atoms with Gasteiger partial charge in [-0.3, -0.25) is 4.79 Å². The molecule has 4 heteroatoms. The van der Waals surface area contributed by atoms with Gasteiger partial charge < -0.3 is 15.7 Å². The number of rotatable bonds is 5. The smallest absolute Gasteiger partial charge is 0.224 e. The fraction of sp³-hybridized carbons (Fsp3) is 0.909. The van der Waals surface area contributed by atoms with Gasteiger partial charge in [-0.15, -0.1) is 0 Å². The van der Waals surface area contributed by atoms with Crippen LogP contribution in [-0.2, 0) is 4.79 Å². The van der Waals surface area contributed by atoms with Crippen LogP contribution in [0.25, 0.3) is 0 Å². The molecule has 0 bridgehead atoms. The molecule has 1 unspecified atom stereocenters. The van der Waals surface area contributed by atoms with Crippen LogP contribution in [-0.4, -0.2) is 41.7 Å². The first-order valence-corrected chi connectivity index (χ1v) is 5.59. The van der Waals surface area contributed by atoms with Crippen molar-refractivity contribution >= 4 is 5.91 Å². The molecule has 15 heavy (non-hydrogen) atoms. The SMILES string of the molecule is CC(C)(CO)CCCN1CC(N)CC1=O. The largest absolute Gasteiger partial charge is 0.396 e. The van der Waals surface area contributed by atoms with Crippen molar-refractivity contribution in [3.8, 4) is 0 Å². The van der Waals surface area contributed by atoms with Crippen LogP contribution >= 0.6 is 0 Å². The summed E-state index contributed by atoms with van der Waals surface area (Å²) in [5, 5.41) is 9.08. The number of aliphatic hydroxyl groups excluding tert-OH is 1. The summed E-state index contributed by atoms with van der Waals surface area (Å²) in [6.45, 7) is 5.73. The molecule has 1 rings (SSSR count). The zero-order chi connectivity index (χ0) is 11.5. The number of carbonyl (C=O) groups excluding carboxylic acids is 1. The number of hydrogen-bond acceptors (Lipinski definition) is 3. The molecular formula is C11H22N2O2. The molecule has 4 nitrogen and oxygen atoms in total. The summed E-state index contributed by atoms with van der Waals surface area (Å²) in [6, 6.07) is 0.0170. The van der Waals surface area contributed by atoms with Crippen LogP contribution in [0.1, 0.15) is 33.1 Å². The summed E-state index contributed by atoms with van der Waals surface area (Å²) >= 11 is 0. The van der Waals surface area contributed by atoms with Crippen LogP contribution in [0.3, 0.4) is 0 Å². The van der Waals surface area contributed by atoms with Crippen molar-refractivity contribution < 1.29 is 9.90 Å². The molecule has 3 N–H and O–H groups in total. The molecule has 0 aromatic carbocycles. The molecule has 1 amide bonds. The highest BCUT2D eigenvalue weighted by Gasteiger charge is 2.26. The molecule has 1 aliphatic heterocycles. The Morgan fingerprint density at radius 2 is 2.27 bits per heavy atom. The van der Waals surface area contributed by atoms with Crippen LogP contribution in [0.2, 0.25) is 0 Å². The zero-order valence-electron chi connectivity index (χ0n) is 9.70. The molecule has 0 radical (unpaired) electrons. The van der Waals surface area contributed by atoms with Gasteiger partial charge in [0.25, 0.3) is 0 Å². The van der Waals surface area contributed by atoms with E-state index < -0.39 is 0 Å². The number of carbonyl (C=O) groups is 1. The second-order valence-corrected chi connectivity index (χ2v) is 5.23. The van der Waals surface area contributed by atoms with E-state index in [0.717, 1.165) is 19.4 Å². The second kappa shape index (κ2) is 4.94. The fourth-order valence-electron chi connectivity index (χ4n) is 1.85. The monoisotopic (exact) mass is 214 g/mol. The van der Waals surface area contributed by atoms with Crippen molar-refractivity contribution in [3.63, 3.8) is 0 Å². The second-order valence-electron chi connectivity index (χ2n) is 5.23. The van der Waals surface area contributed by atoms with Gasteiger partial charge in [0.2, 0.25) is 5.91 Å². The summed E-state index contributed by atoms with van der Waals surface area (Å²) in [6.07, 6.45) is 2.36. The zero-order valence-corrected chi connectivity index (χ0v) is 9.70. The minimum atomic E-state index is -0.0368. The molecule has 0 aromatic heterocycles. The first kappa shape index (κ1) is 12.5. The van der Waals surface area contributed by atoms with Gasteiger partial charge in [0.05, 0.1) is 0 Å². The van der Waals surface area contributed by atoms with Crippen LogP contribution in [0.5, 0.6) is 0 Å². The van der Waals surface area contributed by atoms with E-state index in [0.29, 0.717) is 13.0 Å². The van der Waals surface area contributed by atoms with Crippen molar-refractivity contribution in [2.24, 2.45) is 11.1 Å². The molecule has 0 saturated carbocycles. The topological polar surface area (TPSA) is 66.6 Å². The van der Waals surface area contributed by atoms with Gasteiger partial charge in [-0.25, -0.2) is 0 Å². The average Bonchev–Trinajstić information content (AvgIpc) is 2.45. The summed E-state index contributed by atoms with van der Waals surface area (Å²) < 4.78 is 0. The highest BCUT2D eigenvalue weighted by Crippen LogP contribution is 2.21. The molecule has 1 atom stereocenters. The van der Waals surface area contributed by atoms with E-state index in [1.165, 1.54) is 0 Å². The van der Waals surface area contributed by atoms with E-state index in [-0.39, 0.29) is 24.0 Å². The van der Waals surface area contributed by atoms with Crippen molar-refractivity contribution in [1.29, 1.82) is 0 Å². The molecule has 1 aliphatic rings. The van der Waals surface area contributed by atoms with Crippen molar-refractivity contribution in [3.05, 3.63) is 0 Å². The van der Waals surface area contributed by atoms with Crippen molar-refractivity contribution in [1.82, 2.24) is 4.90 Å². The summed E-state index contributed by atoms with van der Waals surface area (Å²) in [4.78, 5) is 13.2. The van der Waals surface area contributed by atoms with E-state index in [1.807, 2.05) is 18.7 Å². The molecule has 1 saturated heterocycles. The highest BCUT2D eigenvalue weighted by molar-refractivity contribution is 5.79. The maximum absolute atomic E-state index is 11.4. The summed E-state index contributed by atoms with van der Waals surface area (Å²) in [7, 11) is 0. The standard InChI is InChI=1S/C11H22N2O2/c1-11(2,8-14)4-3-5-13-7-9(12)6-10(13)15/h9,14H,3-8,12H2,1-2H3. The maximum Gasteiger partial charge on any atom is 0.224 e. The molecule has 88 valence electrons. The number of hydrogen-bond donors (Lipinski definition) is 2. The Morgan fingerprint density at radius 1 is 1.60 bits per heavy atom. The predicted octanol–water partition coefficient (Wildman–Crippen LogP) is 0.345. The Bertz CT molecular complexity index is 229. The summed E-state index contributed by atoms with van der Waals surface area (Å²) in [5.74, 6) is 0.171. The van der Waals surface area contributed by atoms with E-state index in [9.17, 15) is 4.79 Å². The third-order valence-corrected chi connectivity index (χ3v) is 2.95. The Kier molecular flexibility index (Phi) is 4.11. The third-order valence-electron chi connectivity index (χ3n) is 2.95. The van der Waals surface area contributed by atoms with Gasteiger partial charge in [0, 0.05) is 32.2 Å². The average molecular weight is 214 g/mol. The van der Waals surface area contributed by atoms with Gasteiger partial charge >= 0.3 is 0 Å². The Labute approximate surface area is 91.4 Å². The normalized spacial score (nSPS) is 22.5. The van der Waals surface area contributed by atoms with Crippen LogP contribution in [0.4, 0.5) is 0 Å². The minimum absolute atomic E-state index is 0.0170. The van der Waals surface area contributed by atoms with Gasteiger partial charge in [0.1, 0.15) is 0 Å². The van der Waals surface area contributed by atoms with E-state index in [1.54, 1.807) is 0 Å². The van der Waals surface area contributed by atoms with Crippen molar-refractivity contribution in [2.75, 3.05) is 19.7 Å². The molecule has 0 aromatic rings. The molecule has 1 fully saturated rings. The molecule has 0 spiro atoms. The lowest BCUT2D eigenvalue weighted by molar-refractivity contribution is -0.127. The molecule has 0 aliphatic carbocycles. The number of aliphatic hydroxyl groups is 1. The predicted molar refractivity (Wildman–Crippen MR) is 59.3 cm³/mol. The lowest BCUT2D eigenvalue weighted by Crippen LogP contribution is -2.30. The lowest BCUT2D eigenvalue weighted by Gasteiger charge is -2.23. The van der Waals surface area contributed by atoms with E-state index >= 15 is 0 Å². The van der Waals surface area contributed by atoms with Crippen molar-refractivity contribution in [2.45, 2.75) is 39.2 Å². The van der Waals surface area contributed by atoms with Gasteiger partial charge in [-0.05, 0) is 18.3 Å². The summed E-state index contributed by atoms with van der Waals surface area (Å²) in [5.41, 5.74) is 5.66. The van der Waals surface area contributed by atoms with Gasteiger partial charge in [0.15, 0.2) is 0 Å². The number of nitrogens with zero attached hydrogens (tertiary/aromatic N) is 1. The highest BCUT2D eigenvalue weighted by atomic mass is 16.3. The Hall–Kier alpha value is -0.610. The van der Waals surface area contributed by atoms with E-state index in [4.69, 9.17) is 10.8 Å². The number of nitrogens with two attached hydrogens (primary N) is 1. The lowest BCUT2D eigenvalue weighted by atomic mass is 9.89. The fourth-order valence-corrected chi connectivity index (χ4v) is 1.85. The number of likely N-dealkylation sites (tertiary alicyclic amines) is 1. The van der Waals surface area contributed by atoms with E-state index in [2.05, 4.69) is 0 Å². The molecular weight excluding hydrogens is 192 g/mol. The minimum Gasteiger partial charge on any atom is -0.396 e. The van der Waals surface area contributed by atoms with Crippen LogP contribution in [0, 0.1) is 5.41 Å². The first-order chi connectivity index (χ1) is 6.94. The van der Waals surface area contributed by atoms with Gasteiger partial charge in [-0.1, -0.05) is 13.8 Å².